The van der Waals surface area contributed by atoms with E-state index in [0.29, 0.717) is 6.16 Å². The molecule has 2 atom stereocenters. The summed E-state index contributed by atoms with van der Waals surface area (Å²) in [7, 11) is -1.60. The summed E-state index contributed by atoms with van der Waals surface area (Å²) in [6.45, 7) is 11.4. The minimum absolute atomic E-state index is 0.0432. The first-order chi connectivity index (χ1) is 7.57. The number of hydrogen-bond acceptors (Lipinski definition) is 4. The molecule has 0 bridgehead atoms. The Hall–Kier alpha value is 0.327. The highest BCUT2D eigenvalue weighted by Gasteiger charge is 2.57. The fourth-order valence-corrected chi connectivity index (χ4v) is 5.57. The molecule has 2 unspecified atom stereocenters. The Morgan fingerprint density at radius 2 is 1.71 bits per heavy atom. The van der Waals surface area contributed by atoms with Gasteiger partial charge in [-0.3, -0.25) is 4.57 Å². The number of epoxide rings is 1. The molecule has 17 heavy (non-hydrogen) atoms. The average molecular weight is 280 g/mol. The van der Waals surface area contributed by atoms with Crippen LogP contribution in [0.1, 0.15) is 20.8 Å². The molecule has 1 aliphatic heterocycles. The van der Waals surface area contributed by atoms with Crippen LogP contribution in [0.15, 0.2) is 0 Å². The van der Waals surface area contributed by atoms with Crippen molar-refractivity contribution in [3.63, 3.8) is 0 Å². The van der Waals surface area contributed by atoms with Crippen LogP contribution >= 0.6 is 7.60 Å². The molecule has 1 rings (SSSR count). The van der Waals surface area contributed by atoms with Gasteiger partial charge in [-0.25, -0.2) is 0 Å². The summed E-state index contributed by atoms with van der Waals surface area (Å²) in [5.74, 6) is 0. The summed E-state index contributed by atoms with van der Waals surface area (Å²) < 4.78 is 27.7. The molecule has 0 N–H and O–H groups in total. The fourth-order valence-electron chi connectivity index (χ4n) is 1.79. The van der Waals surface area contributed by atoms with Gasteiger partial charge in [0.05, 0.1) is 26.1 Å². The van der Waals surface area contributed by atoms with E-state index in [-0.39, 0.29) is 16.9 Å². The predicted octanol–water partition coefficient (Wildman–Crippen LogP) is 3.29. The summed E-state index contributed by atoms with van der Waals surface area (Å²) in [4.78, 5) is 0. The highest BCUT2D eigenvalue weighted by molar-refractivity contribution is 7.53. The van der Waals surface area contributed by atoms with Gasteiger partial charge in [0.1, 0.15) is 0 Å². The van der Waals surface area contributed by atoms with Crippen molar-refractivity contribution < 1.29 is 18.3 Å². The van der Waals surface area contributed by atoms with Crippen molar-refractivity contribution >= 4 is 15.7 Å². The Morgan fingerprint density at radius 3 is 2.06 bits per heavy atom. The molecule has 0 spiro atoms. The highest BCUT2D eigenvalue weighted by atomic mass is 31.2. The summed E-state index contributed by atoms with van der Waals surface area (Å²) in [6, 6.07) is 0. The van der Waals surface area contributed by atoms with E-state index < -0.39 is 15.7 Å². The zero-order valence-corrected chi connectivity index (χ0v) is 13.8. The van der Waals surface area contributed by atoms with Gasteiger partial charge in [0.15, 0.2) is 0 Å². The van der Waals surface area contributed by atoms with Crippen LogP contribution in [0.3, 0.4) is 0 Å². The molecule has 0 aromatic heterocycles. The van der Waals surface area contributed by atoms with Gasteiger partial charge in [-0.15, -0.1) is 0 Å². The van der Waals surface area contributed by atoms with E-state index in [0.717, 1.165) is 0 Å². The fraction of sp³-hybridized carbons (Fsp3) is 1.00. The maximum absolute atomic E-state index is 12.0. The Bertz CT molecular complexity index is 316. The normalized spacial score (nSPS) is 26.1. The number of ether oxygens (including phenoxy) is 1. The molecule has 0 amide bonds. The van der Waals surface area contributed by atoms with Crippen LogP contribution in [0, 0.1) is 0 Å². The maximum atomic E-state index is 12.0. The quantitative estimate of drug-likeness (QED) is 0.440. The van der Waals surface area contributed by atoms with E-state index in [1.807, 2.05) is 0 Å². The molecule has 1 aliphatic rings. The second-order valence-electron chi connectivity index (χ2n) is 6.23. The van der Waals surface area contributed by atoms with E-state index in [2.05, 4.69) is 33.9 Å². The van der Waals surface area contributed by atoms with E-state index >= 15 is 0 Å². The van der Waals surface area contributed by atoms with Crippen LogP contribution in [-0.2, 0) is 18.3 Å². The summed E-state index contributed by atoms with van der Waals surface area (Å²) in [5, 5.41) is 0.274. The van der Waals surface area contributed by atoms with Gasteiger partial charge in [0.25, 0.3) is 0 Å². The Kier molecular flexibility index (Phi) is 4.33. The van der Waals surface area contributed by atoms with Crippen molar-refractivity contribution in [2.75, 3.05) is 20.4 Å². The van der Waals surface area contributed by atoms with E-state index in [9.17, 15) is 4.57 Å². The molecule has 1 fully saturated rings. The molecule has 0 aliphatic carbocycles. The monoisotopic (exact) mass is 280 g/mol. The van der Waals surface area contributed by atoms with Gasteiger partial charge in [-0.2, -0.15) is 0 Å². The summed E-state index contributed by atoms with van der Waals surface area (Å²) >= 11 is 0. The lowest BCUT2D eigenvalue weighted by Gasteiger charge is -2.35. The predicted molar refractivity (Wildman–Crippen MR) is 72.3 cm³/mol. The Labute approximate surface area is 106 Å². The lowest BCUT2D eigenvalue weighted by molar-refractivity contribution is 0.271. The van der Waals surface area contributed by atoms with Crippen molar-refractivity contribution in [2.45, 2.75) is 50.7 Å². The lowest BCUT2D eigenvalue weighted by atomic mass is 10.2. The largest absolute Gasteiger partial charge is 0.373 e. The van der Waals surface area contributed by atoms with E-state index in [1.165, 1.54) is 14.2 Å². The average Bonchev–Trinajstić information content (AvgIpc) is 2.95. The van der Waals surface area contributed by atoms with Crippen LogP contribution in [-0.4, -0.2) is 40.3 Å². The van der Waals surface area contributed by atoms with Crippen LogP contribution in [0.4, 0.5) is 0 Å². The molecular weight excluding hydrogens is 255 g/mol. The van der Waals surface area contributed by atoms with Crippen LogP contribution in [0.2, 0.25) is 18.1 Å². The molecule has 0 radical (unpaired) electrons. The first-order valence-corrected chi connectivity index (χ1v) is 10.7. The molecule has 0 aromatic carbocycles. The zero-order chi connectivity index (χ0) is 13.5. The molecule has 6 heteroatoms. The van der Waals surface area contributed by atoms with Gasteiger partial charge in [0, 0.05) is 14.2 Å². The first-order valence-electron chi connectivity index (χ1n) is 5.93. The van der Waals surface area contributed by atoms with E-state index in [4.69, 9.17) is 13.8 Å². The van der Waals surface area contributed by atoms with Gasteiger partial charge in [-0.05, 0) is 5.04 Å². The van der Waals surface area contributed by atoms with Gasteiger partial charge in [0.2, 0.25) is 0 Å². The molecule has 4 nitrogen and oxygen atoms in total. The Morgan fingerprint density at radius 1 is 1.24 bits per heavy atom. The van der Waals surface area contributed by atoms with Crippen LogP contribution < -0.4 is 0 Å². The second-order valence-corrected chi connectivity index (χ2v) is 14.1. The number of rotatable bonds is 5. The third-order valence-corrected chi connectivity index (χ3v) is 11.9. The smallest absolute Gasteiger partial charge is 0.332 e. The number of hydrogen-bond donors (Lipinski definition) is 0. The SMILES string of the molecule is COP(=O)(CC1OC1[Si](C)(C)C(C)(C)C)OC. The van der Waals surface area contributed by atoms with Crippen molar-refractivity contribution in [2.24, 2.45) is 0 Å². The molecule has 0 aromatic rings. The maximum Gasteiger partial charge on any atom is 0.332 e. The second kappa shape index (κ2) is 4.78. The van der Waals surface area contributed by atoms with Crippen molar-refractivity contribution in [3.8, 4) is 0 Å². The molecule has 102 valence electrons. The zero-order valence-electron chi connectivity index (χ0n) is 11.9. The van der Waals surface area contributed by atoms with Crippen LogP contribution in [0.25, 0.3) is 0 Å². The molecule has 0 saturated carbocycles. The Balaban J connectivity index is 2.64. The summed E-state index contributed by atoms with van der Waals surface area (Å²) in [5.41, 5.74) is 0.265. The first kappa shape index (κ1) is 15.4. The van der Waals surface area contributed by atoms with Gasteiger partial charge < -0.3 is 13.8 Å². The van der Waals surface area contributed by atoms with Crippen molar-refractivity contribution in [3.05, 3.63) is 0 Å². The van der Waals surface area contributed by atoms with Crippen LogP contribution in [0.5, 0.6) is 0 Å². The summed E-state index contributed by atoms with van der Waals surface area (Å²) in [6.07, 6.45) is 0.415. The van der Waals surface area contributed by atoms with E-state index in [1.54, 1.807) is 0 Å². The third kappa shape index (κ3) is 3.21. The van der Waals surface area contributed by atoms with Gasteiger partial charge >= 0.3 is 7.60 Å². The van der Waals surface area contributed by atoms with Crippen molar-refractivity contribution in [1.82, 2.24) is 0 Å². The third-order valence-electron chi connectivity index (χ3n) is 4.19. The minimum atomic E-state index is -2.94. The van der Waals surface area contributed by atoms with Crippen molar-refractivity contribution in [1.29, 1.82) is 0 Å². The standard InChI is InChI=1S/C11H25O4PSi/c1-11(2,3)17(6,7)10-9(15-10)8-16(12,13-4)14-5/h9-10H,8H2,1-7H3. The van der Waals surface area contributed by atoms with Gasteiger partial charge in [-0.1, -0.05) is 33.9 Å². The minimum Gasteiger partial charge on any atom is -0.373 e. The molecule has 1 heterocycles. The molecular formula is C11H25O4PSi. The lowest BCUT2D eigenvalue weighted by Crippen LogP contribution is -2.44. The highest BCUT2D eigenvalue weighted by Crippen LogP contribution is 2.54. The topological polar surface area (TPSA) is 48.1 Å². The molecule has 1 saturated heterocycles.